The summed E-state index contributed by atoms with van der Waals surface area (Å²) in [7, 11) is 0. The number of hydrogen-bond donors (Lipinski definition) is 3. The van der Waals surface area contributed by atoms with Gasteiger partial charge < -0.3 is 14.4 Å². The van der Waals surface area contributed by atoms with Gasteiger partial charge in [-0.05, 0) is 72.7 Å². The van der Waals surface area contributed by atoms with Crippen LogP contribution in [0.3, 0.4) is 0 Å². The number of hydroxylamine groups is 1. The number of carbonyl (C=O) groups is 4. The number of rotatable bonds is 14. The number of esters is 1. The van der Waals surface area contributed by atoms with Crippen LogP contribution in [0.1, 0.15) is 90.9 Å². The van der Waals surface area contributed by atoms with E-state index < -0.39 is 6.10 Å². The topological polar surface area (TPSA) is 147 Å². The van der Waals surface area contributed by atoms with Crippen molar-refractivity contribution in [1.82, 2.24) is 15.8 Å². The third kappa shape index (κ3) is 13.0. The van der Waals surface area contributed by atoms with E-state index in [4.69, 9.17) is 14.7 Å². The lowest BCUT2D eigenvalue weighted by atomic mass is 10.1. The zero-order valence-electron chi connectivity index (χ0n) is 27.6. The van der Waals surface area contributed by atoms with Gasteiger partial charge in [-0.3, -0.25) is 24.4 Å². The number of cyclic esters (lactones) is 1. The molecule has 0 bridgehead atoms. The molecule has 0 fully saturated rings. The van der Waals surface area contributed by atoms with E-state index in [-0.39, 0.29) is 36.7 Å². The maximum Gasteiger partial charge on any atom is 0.306 e. The number of ether oxygens (including phenoxy) is 2. The van der Waals surface area contributed by atoms with Crippen molar-refractivity contribution in [3.05, 3.63) is 113 Å². The van der Waals surface area contributed by atoms with Crippen molar-refractivity contribution in [2.24, 2.45) is 5.10 Å². The van der Waals surface area contributed by atoms with Crippen LogP contribution >= 0.6 is 0 Å². The summed E-state index contributed by atoms with van der Waals surface area (Å²) in [5, 5.41) is 12.6. The molecule has 3 N–H and O–H groups in total. The number of carbonyl (C=O) groups excluding carboxylic acids is 4. The summed E-state index contributed by atoms with van der Waals surface area (Å²) in [6.07, 6.45) is 10.2. The Hall–Kier alpha value is -5.29. The van der Waals surface area contributed by atoms with Crippen LogP contribution in [0.25, 0.3) is 0 Å². The molecule has 49 heavy (non-hydrogen) atoms. The number of nitrogens with zero attached hydrogens (tertiary/aromatic N) is 2. The quantitative estimate of drug-likeness (QED) is 0.0475. The fraction of sp³-hybridized carbons (Fsp3) is 0.342. The van der Waals surface area contributed by atoms with Gasteiger partial charge in [-0.15, -0.1) is 0 Å². The van der Waals surface area contributed by atoms with E-state index in [1.165, 1.54) is 0 Å². The summed E-state index contributed by atoms with van der Waals surface area (Å²) in [5.41, 5.74) is 7.05. The van der Waals surface area contributed by atoms with E-state index >= 15 is 0 Å². The Labute approximate surface area is 286 Å². The molecule has 1 aliphatic rings. The van der Waals surface area contributed by atoms with E-state index in [1.807, 2.05) is 66.7 Å². The fourth-order valence-electron chi connectivity index (χ4n) is 5.26. The van der Waals surface area contributed by atoms with Gasteiger partial charge in [0.25, 0.3) is 5.91 Å². The summed E-state index contributed by atoms with van der Waals surface area (Å²) in [6, 6.07) is 23.8. The minimum absolute atomic E-state index is 0.0352. The average molecular weight is 669 g/mol. The van der Waals surface area contributed by atoms with Crippen molar-refractivity contribution in [2.75, 3.05) is 13.2 Å². The van der Waals surface area contributed by atoms with Gasteiger partial charge >= 0.3 is 5.97 Å². The molecule has 0 aliphatic carbocycles. The highest BCUT2D eigenvalue weighted by Gasteiger charge is 2.24. The third-order valence-corrected chi connectivity index (χ3v) is 7.90. The highest BCUT2D eigenvalue weighted by atomic mass is 16.5. The van der Waals surface area contributed by atoms with Gasteiger partial charge in [0, 0.05) is 31.4 Å². The zero-order valence-corrected chi connectivity index (χ0v) is 27.6. The summed E-state index contributed by atoms with van der Waals surface area (Å²) < 4.78 is 11.6. The molecular weight excluding hydrogens is 624 g/mol. The van der Waals surface area contributed by atoms with Crippen LogP contribution in [0.5, 0.6) is 5.75 Å². The summed E-state index contributed by atoms with van der Waals surface area (Å²) in [4.78, 5) is 51.4. The largest absolute Gasteiger partial charge is 0.494 e. The number of hydrogen-bond acceptors (Lipinski definition) is 8. The van der Waals surface area contributed by atoms with Crippen LogP contribution in [-0.2, 0) is 25.7 Å². The van der Waals surface area contributed by atoms with Gasteiger partial charge in [0.1, 0.15) is 11.9 Å². The molecule has 11 heteroatoms. The number of benzene rings is 3. The van der Waals surface area contributed by atoms with Crippen LogP contribution in [0.2, 0.25) is 0 Å². The zero-order chi connectivity index (χ0) is 34.7. The highest BCUT2D eigenvalue weighted by molar-refractivity contribution is 5.95. The van der Waals surface area contributed by atoms with Crippen LogP contribution < -0.4 is 15.6 Å². The molecule has 3 aromatic rings. The number of amides is 3. The Balaban J connectivity index is 1.31. The molecule has 0 unspecified atom stereocenters. The first-order valence-corrected chi connectivity index (χ1v) is 16.7. The number of allylic oxidation sites excluding steroid dienone is 2. The summed E-state index contributed by atoms with van der Waals surface area (Å²) in [5.74, 6) is -0.434. The second-order valence-corrected chi connectivity index (χ2v) is 11.7. The molecule has 4 rings (SSSR count). The Morgan fingerprint density at radius 3 is 2.45 bits per heavy atom. The number of nitrogens with one attached hydrogen (secondary N) is 2. The summed E-state index contributed by atoms with van der Waals surface area (Å²) >= 11 is 0. The van der Waals surface area contributed by atoms with Gasteiger partial charge in [-0.1, -0.05) is 73.5 Å². The van der Waals surface area contributed by atoms with Gasteiger partial charge in [0.2, 0.25) is 11.8 Å². The van der Waals surface area contributed by atoms with Crippen LogP contribution in [0.4, 0.5) is 0 Å². The molecule has 1 aliphatic heterocycles. The maximum absolute atomic E-state index is 13.4. The Kier molecular flexibility index (Phi) is 15.0. The molecule has 0 aromatic heterocycles. The predicted octanol–water partition coefficient (Wildman–Crippen LogP) is 6.03. The van der Waals surface area contributed by atoms with E-state index in [0.717, 1.165) is 36.0 Å². The van der Waals surface area contributed by atoms with E-state index in [1.54, 1.807) is 40.9 Å². The molecule has 1 heterocycles. The number of unbranched alkanes of at least 4 members (excludes halogenated alkanes) is 3. The van der Waals surface area contributed by atoms with Gasteiger partial charge in [-0.25, -0.2) is 10.9 Å². The molecule has 11 nitrogen and oxygen atoms in total. The minimum Gasteiger partial charge on any atom is -0.494 e. The molecule has 258 valence electrons. The van der Waals surface area contributed by atoms with E-state index in [2.05, 4.69) is 10.5 Å². The van der Waals surface area contributed by atoms with Crippen LogP contribution in [0, 0.1) is 0 Å². The highest BCUT2D eigenvalue weighted by Crippen LogP contribution is 2.23. The Bertz CT molecular complexity index is 1570. The normalized spacial score (nSPS) is 16.3. The first-order valence-electron chi connectivity index (χ1n) is 16.7. The predicted molar refractivity (Wildman–Crippen MR) is 185 cm³/mol. The second kappa shape index (κ2) is 20.2. The molecule has 3 aromatic carbocycles. The smallest absolute Gasteiger partial charge is 0.306 e. The minimum atomic E-state index is -0.591. The van der Waals surface area contributed by atoms with E-state index in [9.17, 15) is 19.2 Å². The standard InChI is InChI=1S/C38H44N4O7/c43-35(41-47)17-8-3-4-11-24-48-33-22-20-32(21-23-33)38(46)40-39-26-29-13-12-14-30(25-29)27-42-28-34(31-15-6-5-7-16-31)49-37(45)19-10-2-1-9-18-36(42)44/h1-2,5-7,12-16,20-23,25-26,34,47H,3-4,8-11,17-19,24,27-28H2,(H,40,46)(H,41,43)/b2-1+,39-26+/t34-/m1/s1. The Morgan fingerprint density at radius 2 is 1.67 bits per heavy atom. The maximum atomic E-state index is 13.4. The molecule has 0 spiro atoms. The van der Waals surface area contributed by atoms with Crippen LogP contribution in [0.15, 0.2) is 96.1 Å². The molecule has 0 saturated heterocycles. The monoisotopic (exact) mass is 668 g/mol. The number of hydrazone groups is 1. The fourth-order valence-corrected chi connectivity index (χ4v) is 5.26. The average Bonchev–Trinajstić information content (AvgIpc) is 3.12. The molecular formula is C38H44N4O7. The molecule has 3 amide bonds. The lowest BCUT2D eigenvalue weighted by Gasteiger charge is -2.28. The van der Waals surface area contributed by atoms with Gasteiger partial charge in [0.05, 0.1) is 19.4 Å². The van der Waals surface area contributed by atoms with Crippen molar-refractivity contribution >= 4 is 29.9 Å². The first kappa shape index (κ1) is 36.5. The molecule has 1 atom stereocenters. The molecule has 0 saturated carbocycles. The Morgan fingerprint density at radius 1 is 0.918 bits per heavy atom. The van der Waals surface area contributed by atoms with Crippen molar-refractivity contribution in [3.63, 3.8) is 0 Å². The summed E-state index contributed by atoms with van der Waals surface area (Å²) in [6.45, 7) is 1.06. The van der Waals surface area contributed by atoms with Crippen molar-refractivity contribution in [2.45, 2.75) is 70.4 Å². The molecule has 0 radical (unpaired) electrons. The van der Waals surface area contributed by atoms with Gasteiger partial charge in [0.15, 0.2) is 0 Å². The lowest BCUT2D eigenvalue weighted by molar-refractivity contribution is -0.152. The van der Waals surface area contributed by atoms with Gasteiger partial charge in [-0.2, -0.15) is 5.10 Å². The lowest BCUT2D eigenvalue weighted by Crippen LogP contribution is -2.35. The van der Waals surface area contributed by atoms with Crippen molar-refractivity contribution in [1.29, 1.82) is 0 Å². The third-order valence-electron chi connectivity index (χ3n) is 7.90. The van der Waals surface area contributed by atoms with E-state index in [0.29, 0.717) is 56.6 Å². The SMILES string of the molecule is O=C(CCCCCCOc1ccc(C(=O)N/N=C/c2cccc(CN3C[C@H](c4ccccc4)OC(=O)CC/C=C/CCC3=O)c2)cc1)NO. The first-order chi connectivity index (χ1) is 23.9. The van der Waals surface area contributed by atoms with Crippen molar-refractivity contribution < 1.29 is 33.9 Å². The van der Waals surface area contributed by atoms with Crippen molar-refractivity contribution in [3.8, 4) is 5.75 Å². The second-order valence-electron chi connectivity index (χ2n) is 11.7. The van der Waals surface area contributed by atoms with Crippen LogP contribution in [-0.4, -0.2) is 53.2 Å².